The smallest absolute Gasteiger partial charge is 0.329 e. The molecule has 0 aliphatic carbocycles. The predicted molar refractivity (Wildman–Crippen MR) is 92.2 cm³/mol. The molecule has 0 saturated heterocycles. The number of ketones is 1. The van der Waals surface area contributed by atoms with Crippen LogP contribution in [0.1, 0.15) is 40.0 Å². The Labute approximate surface area is 170 Å². The van der Waals surface area contributed by atoms with Crippen molar-refractivity contribution in [3.8, 4) is 0 Å². The lowest BCUT2D eigenvalue weighted by atomic mass is 9.94. The highest BCUT2D eigenvalue weighted by Crippen LogP contribution is 2.34. The van der Waals surface area contributed by atoms with Crippen LogP contribution in [-0.2, 0) is 6.18 Å². The van der Waals surface area contributed by atoms with Crippen molar-refractivity contribution in [2.45, 2.75) is 25.3 Å². The number of rotatable bonds is 5. The number of carbonyl (C=O) groups is 2. The van der Waals surface area contributed by atoms with E-state index < -0.39 is 59.5 Å². The molecule has 1 atom stereocenters. The summed E-state index contributed by atoms with van der Waals surface area (Å²) in [4.78, 5) is 23.5. The van der Waals surface area contributed by atoms with Gasteiger partial charge in [-0.15, -0.1) is 0 Å². The van der Waals surface area contributed by atoms with Crippen LogP contribution in [-0.4, -0.2) is 24.5 Å². The minimum atomic E-state index is -5.12. The number of Topliss-reactive ketones (excluding diaryl/α,β-unsaturated/α-hetero) is 1. The number of hydrogen-bond acceptors (Lipinski definition) is 2. The van der Waals surface area contributed by atoms with Gasteiger partial charge in [-0.05, 0) is 48.4 Å². The molecule has 0 fully saturated rings. The average molecular weight is 454 g/mol. The SMILES string of the molecule is CC(=O)c1cc(F)cc([C@H](NC(=O)NCC(F)(F)F)c2ccc(F)c(C(F)(F)F)c2)c1. The fraction of sp³-hybridized carbons (Fsp3) is 0.263. The van der Waals surface area contributed by atoms with Crippen LogP contribution in [0.2, 0.25) is 0 Å². The third-order valence-corrected chi connectivity index (χ3v) is 4.01. The number of hydrogen-bond donors (Lipinski definition) is 2. The van der Waals surface area contributed by atoms with Gasteiger partial charge in [0.1, 0.15) is 18.2 Å². The van der Waals surface area contributed by atoms with Crippen molar-refractivity contribution in [1.82, 2.24) is 10.6 Å². The van der Waals surface area contributed by atoms with Gasteiger partial charge in [-0.1, -0.05) is 6.07 Å². The van der Waals surface area contributed by atoms with E-state index in [2.05, 4.69) is 0 Å². The number of benzene rings is 2. The van der Waals surface area contributed by atoms with Crippen LogP contribution in [0.5, 0.6) is 0 Å². The first kappa shape index (κ1) is 24.1. The van der Waals surface area contributed by atoms with E-state index in [9.17, 15) is 44.7 Å². The van der Waals surface area contributed by atoms with Crippen molar-refractivity contribution in [3.05, 3.63) is 70.3 Å². The van der Waals surface area contributed by atoms with E-state index in [1.54, 1.807) is 0 Å². The fourth-order valence-corrected chi connectivity index (χ4v) is 2.64. The minimum absolute atomic E-state index is 0.198. The average Bonchev–Trinajstić information content (AvgIpc) is 2.63. The molecule has 2 amide bonds. The molecule has 0 spiro atoms. The number of nitrogens with one attached hydrogen (secondary N) is 2. The van der Waals surface area contributed by atoms with Crippen LogP contribution in [0, 0.1) is 11.6 Å². The first-order valence-electron chi connectivity index (χ1n) is 8.46. The monoisotopic (exact) mass is 454 g/mol. The second-order valence-electron chi connectivity index (χ2n) is 6.44. The van der Waals surface area contributed by atoms with Crippen LogP contribution >= 0.6 is 0 Å². The Morgan fingerprint density at radius 1 is 0.935 bits per heavy atom. The third-order valence-electron chi connectivity index (χ3n) is 4.01. The molecule has 168 valence electrons. The molecule has 0 aliphatic heterocycles. The first-order valence-corrected chi connectivity index (χ1v) is 8.46. The zero-order valence-electron chi connectivity index (χ0n) is 15.6. The van der Waals surface area contributed by atoms with Gasteiger partial charge in [0.2, 0.25) is 0 Å². The van der Waals surface area contributed by atoms with Gasteiger partial charge in [0.25, 0.3) is 0 Å². The molecule has 2 N–H and O–H groups in total. The highest BCUT2D eigenvalue weighted by atomic mass is 19.4. The van der Waals surface area contributed by atoms with Gasteiger partial charge in [0.05, 0.1) is 11.6 Å². The molecule has 4 nitrogen and oxygen atoms in total. The van der Waals surface area contributed by atoms with Gasteiger partial charge in [0.15, 0.2) is 5.78 Å². The predicted octanol–water partition coefficient (Wildman–Crippen LogP) is 5.14. The summed E-state index contributed by atoms with van der Waals surface area (Å²) in [6, 6.07) is 1.22. The Kier molecular flexibility index (Phi) is 6.92. The van der Waals surface area contributed by atoms with Crippen LogP contribution in [0.25, 0.3) is 0 Å². The minimum Gasteiger partial charge on any atom is -0.329 e. The lowest BCUT2D eigenvalue weighted by Crippen LogP contribution is -2.42. The number of alkyl halides is 6. The van der Waals surface area contributed by atoms with E-state index in [1.165, 1.54) is 5.32 Å². The van der Waals surface area contributed by atoms with Crippen molar-refractivity contribution in [1.29, 1.82) is 0 Å². The van der Waals surface area contributed by atoms with Crippen molar-refractivity contribution >= 4 is 11.8 Å². The molecular weight excluding hydrogens is 440 g/mol. The first-order chi connectivity index (χ1) is 14.2. The van der Waals surface area contributed by atoms with Crippen LogP contribution in [0.4, 0.5) is 39.9 Å². The van der Waals surface area contributed by atoms with E-state index in [0.29, 0.717) is 12.1 Å². The molecular formula is C19H14F8N2O2. The maximum absolute atomic E-state index is 14.0. The molecule has 31 heavy (non-hydrogen) atoms. The van der Waals surface area contributed by atoms with Gasteiger partial charge in [-0.25, -0.2) is 13.6 Å². The second-order valence-corrected chi connectivity index (χ2v) is 6.44. The topological polar surface area (TPSA) is 58.2 Å². The Hall–Kier alpha value is -3.18. The highest BCUT2D eigenvalue weighted by Gasteiger charge is 2.35. The molecule has 0 unspecified atom stereocenters. The molecule has 2 aromatic rings. The summed E-state index contributed by atoms with van der Waals surface area (Å²) in [5.74, 6) is -3.22. The third kappa shape index (κ3) is 6.66. The van der Waals surface area contributed by atoms with E-state index in [0.717, 1.165) is 31.2 Å². The summed E-state index contributed by atoms with van der Waals surface area (Å²) >= 11 is 0. The lowest BCUT2D eigenvalue weighted by Gasteiger charge is -2.22. The van der Waals surface area contributed by atoms with Gasteiger partial charge >= 0.3 is 18.4 Å². The summed E-state index contributed by atoms with van der Waals surface area (Å²) in [7, 11) is 0. The van der Waals surface area contributed by atoms with E-state index >= 15 is 0 Å². The van der Waals surface area contributed by atoms with E-state index in [-0.39, 0.29) is 11.1 Å². The molecule has 12 heteroatoms. The van der Waals surface area contributed by atoms with Crippen molar-refractivity contribution in [3.63, 3.8) is 0 Å². The normalized spacial score (nSPS) is 12.9. The number of carbonyl (C=O) groups excluding carboxylic acids is 2. The summed E-state index contributed by atoms with van der Waals surface area (Å²) < 4.78 is 104. The Bertz CT molecular complexity index is 986. The lowest BCUT2D eigenvalue weighted by molar-refractivity contribution is -0.140. The number of halogens is 8. The van der Waals surface area contributed by atoms with Crippen LogP contribution in [0.3, 0.4) is 0 Å². The molecule has 0 saturated carbocycles. The Morgan fingerprint density at radius 2 is 1.58 bits per heavy atom. The van der Waals surface area contributed by atoms with Crippen LogP contribution < -0.4 is 10.6 Å². The van der Waals surface area contributed by atoms with Crippen molar-refractivity contribution < 1.29 is 44.7 Å². The molecule has 2 rings (SSSR count). The van der Waals surface area contributed by atoms with Gasteiger partial charge in [0, 0.05) is 5.56 Å². The maximum Gasteiger partial charge on any atom is 0.419 e. The summed E-state index contributed by atoms with van der Waals surface area (Å²) in [5.41, 5.74) is -2.55. The standard InChI is InChI=1S/C19H14F8N2O2/c1-9(30)11-4-12(6-13(20)5-11)16(29-17(31)28-8-18(22,23)24)10-2-3-15(21)14(7-10)19(25,26)27/h2-7,16H,8H2,1H3,(H2,28,29,31)/t16-/m1/s1. The highest BCUT2D eigenvalue weighted by molar-refractivity contribution is 5.94. The maximum atomic E-state index is 14.0. The van der Waals surface area contributed by atoms with Gasteiger partial charge in [-0.2, -0.15) is 26.3 Å². The van der Waals surface area contributed by atoms with Crippen molar-refractivity contribution in [2.75, 3.05) is 6.54 Å². The summed E-state index contributed by atoms with van der Waals surface area (Å²) in [6.07, 6.45) is -9.89. The molecule has 0 heterocycles. The van der Waals surface area contributed by atoms with Gasteiger partial charge < -0.3 is 10.6 Å². The fourth-order valence-electron chi connectivity index (χ4n) is 2.64. The Balaban J connectivity index is 2.54. The largest absolute Gasteiger partial charge is 0.419 e. The summed E-state index contributed by atoms with van der Waals surface area (Å²) in [5, 5.41) is 3.46. The van der Waals surface area contributed by atoms with Crippen molar-refractivity contribution in [2.24, 2.45) is 0 Å². The van der Waals surface area contributed by atoms with Gasteiger partial charge in [-0.3, -0.25) is 4.79 Å². The zero-order chi connectivity index (χ0) is 23.6. The molecule has 0 aromatic heterocycles. The second kappa shape index (κ2) is 8.90. The zero-order valence-corrected chi connectivity index (χ0v) is 15.6. The van der Waals surface area contributed by atoms with E-state index in [4.69, 9.17) is 0 Å². The molecule has 0 aliphatic rings. The number of amides is 2. The number of urea groups is 1. The quantitative estimate of drug-likeness (QED) is 0.486. The summed E-state index contributed by atoms with van der Waals surface area (Å²) in [6.45, 7) is -0.665. The van der Waals surface area contributed by atoms with E-state index in [1.807, 2.05) is 5.32 Å². The van der Waals surface area contributed by atoms with Crippen LogP contribution in [0.15, 0.2) is 36.4 Å². The Morgan fingerprint density at radius 3 is 2.13 bits per heavy atom. The molecule has 0 bridgehead atoms. The molecule has 0 radical (unpaired) electrons. The molecule has 2 aromatic carbocycles.